The maximum atomic E-state index is 9.59. The van der Waals surface area contributed by atoms with Gasteiger partial charge in [0.25, 0.3) is 0 Å². The third kappa shape index (κ3) is 2.32. The Hall–Kier alpha value is -2.00. The van der Waals surface area contributed by atoms with Crippen molar-refractivity contribution in [3.8, 4) is 17.2 Å². The van der Waals surface area contributed by atoms with E-state index in [2.05, 4.69) is 0 Å². The summed E-state index contributed by atoms with van der Waals surface area (Å²) in [5.74, 6) is 1.05. The second-order valence-corrected chi connectivity index (χ2v) is 3.38. The van der Waals surface area contributed by atoms with Crippen LogP contribution < -0.4 is 4.74 Å². The van der Waals surface area contributed by atoms with Crippen molar-refractivity contribution in [3.63, 3.8) is 0 Å². The van der Waals surface area contributed by atoms with Gasteiger partial charge in [-0.2, -0.15) is 0 Å². The lowest BCUT2D eigenvalue weighted by Crippen LogP contribution is -1.88. The molecule has 0 unspecified atom stereocenters. The molecule has 0 amide bonds. The Kier molecular flexibility index (Phi) is 3.08. The van der Waals surface area contributed by atoms with Crippen LogP contribution in [0.15, 0.2) is 48.5 Å². The van der Waals surface area contributed by atoms with Crippen molar-refractivity contribution in [1.82, 2.24) is 0 Å². The highest BCUT2D eigenvalue weighted by Crippen LogP contribution is 2.31. The molecule has 0 heterocycles. The Bertz CT molecular complexity index is 466. The molecule has 3 nitrogen and oxygen atoms in total. The van der Waals surface area contributed by atoms with E-state index in [0.717, 1.165) is 0 Å². The molecular weight excluding hydrogens is 204 g/mol. The van der Waals surface area contributed by atoms with Crippen LogP contribution in [0, 0.1) is 0 Å². The lowest BCUT2D eigenvalue weighted by Gasteiger charge is -2.08. The van der Waals surface area contributed by atoms with E-state index >= 15 is 0 Å². The number of aliphatic hydroxyl groups is 1. The summed E-state index contributed by atoms with van der Waals surface area (Å²) >= 11 is 0. The van der Waals surface area contributed by atoms with Gasteiger partial charge < -0.3 is 14.9 Å². The Balaban J connectivity index is 2.27. The molecule has 0 radical (unpaired) electrons. The van der Waals surface area contributed by atoms with Crippen LogP contribution in [-0.4, -0.2) is 10.2 Å². The molecule has 0 atom stereocenters. The van der Waals surface area contributed by atoms with Crippen LogP contribution >= 0.6 is 0 Å². The van der Waals surface area contributed by atoms with Crippen LogP contribution in [-0.2, 0) is 6.61 Å². The van der Waals surface area contributed by atoms with Gasteiger partial charge in [0.05, 0.1) is 6.61 Å². The fourth-order valence-electron chi connectivity index (χ4n) is 1.35. The molecule has 0 bridgehead atoms. The highest BCUT2D eigenvalue weighted by atomic mass is 16.5. The maximum absolute atomic E-state index is 9.59. The fraction of sp³-hybridized carbons (Fsp3) is 0.0769. The summed E-state index contributed by atoms with van der Waals surface area (Å²) < 4.78 is 5.49. The summed E-state index contributed by atoms with van der Waals surface area (Å²) in [4.78, 5) is 0. The van der Waals surface area contributed by atoms with Crippen LogP contribution in [0.1, 0.15) is 5.56 Å². The zero-order valence-electron chi connectivity index (χ0n) is 8.63. The minimum Gasteiger partial charge on any atom is -0.504 e. The summed E-state index contributed by atoms with van der Waals surface area (Å²) in [7, 11) is 0. The lowest BCUT2D eigenvalue weighted by molar-refractivity contribution is 0.281. The third-order valence-electron chi connectivity index (χ3n) is 2.18. The van der Waals surface area contributed by atoms with Gasteiger partial charge in [-0.3, -0.25) is 0 Å². The number of phenols is 1. The molecule has 2 aromatic carbocycles. The fourth-order valence-corrected chi connectivity index (χ4v) is 1.35. The second kappa shape index (κ2) is 4.68. The molecule has 0 aliphatic rings. The summed E-state index contributed by atoms with van der Waals surface area (Å²) in [6, 6.07) is 13.9. The van der Waals surface area contributed by atoms with E-state index in [4.69, 9.17) is 9.84 Å². The zero-order valence-corrected chi connectivity index (χ0v) is 8.63. The van der Waals surface area contributed by atoms with Gasteiger partial charge in [0, 0.05) is 0 Å². The summed E-state index contributed by atoms with van der Waals surface area (Å²) in [6.45, 7) is -0.0779. The van der Waals surface area contributed by atoms with Gasteiger partial charge in [-0.1, -0.05) is 24.3 Å². The Morgan fingerprint density at radius 3 is 2.44 bits per heavy atom. The Morgan fingerprint density at radius 2 is 1.75 bits per heavy atom. The quantitative estimate of drug-likeness (QED) is 0.829. The minimum atomic E-state index is -0.0779. The van der Waals surface area contributed by atoms with E-state index < -0.39 is 0 Å². The molecule has 2 N–H and O–H groups in total. The van der Waals surface area contributed by atoms with Crippen molar-refractivity contribution >= 4 is 0 Å². The maximum Gasteiger partial charge on any atom is 0.169 e. The van der Waals surface area contributed by atoms with Gasteiger partial charge in [-0.15, -0.1) is 0 Å². The van der Waals surface area contributed by atoms with Crippen LogP contribution in [0.4, 0.5) is 0 Å². The lowest BCUT2D eigenvalue weighted by atomic mass is 10.2. The molecule has 0 fully saturated rings. The standard InChI is InChI=1S/C13H12O3/c14-9-10-6-7-12(15)13(8-10)16-11-4-2-1-3-5-11/h1-8,14-15H,9H2. The number of aromatic hydroxyl groups is 1. The summed E-state index contributed by atoms with van der Waals surface area (Å²) in [6.07, 6.45) is 0. The normalized spacial score (nSPS) is 10.1. The van der Waals surface area contributed by atoms with Gasteiger partial charge in [0.2, 0.25) is 0 Å². The van der Waals surface area contributed by atoms with E-state index in [1.54, 1.807) is 24.3 Å². The number of para-hydroxylation sites is 1. The number of ether oxygens (including phenoxy) is 1. The second-order valence-electron chi connectivity index (χ2n) is 3.38. The topological polar surface area (TPSA) is 49.7 Å². The molecule has 0 spiro atoms. The van der Waals surface area contributed by atoms with Crippen LogP contribution in [0.3, 0.4) is 0 Å². The highest BCUT2D eigenvalue weighted by Gasteiger charge is 2.04. The monoisotopic (exact) mass is 216 g/mol. The molecule has 0 aliphatic carbocycles. The van der Waals surface area contributed by atoms with Crippen molar-refractivity contribution in [3.05, 3.63) is 54.1 Å². The van der Waals surface area contributed by atoms with Crippen molar-refractivity contribution in [2.75, 3.05) is 0 Å². The first-order valence-electron chi connectivity index (χ1n) is 4.95. The number of hydrogen-bond donors (Lipinski definition) is 2. The van der Waals surface area contributed by atoms with Crippen molar-refractivity contribution in [1.29, 1.82) is 0 Å². The SMILES string of the molecule is OCc1ccc(O)c(Oc2ccccc2)c1. The summed E-state index contributed by atoms with van der Waals surface area (Å²) in [5, 5.41) is 18.6. The minimum absolute atomic E-state index is 0.0565. The van der Waals surface area contributed by atoms with Gasteiger partial charge >= 0.3 is 0 Å². The van der Waals surface area contributed by atoms with Gasteiger partial charge in [-0.05, 0) is 29.8 Å². The summed E-state index contributed by atoms with van der Waals surface area (Å²) in [5.41, 5.74) is 0.698. The molecule has 3 heteroatoms. The van der Waals surface area contributed by atoms with E-state index in [1.165, 1.54) is 6.07 Å². The molecule has 0 saturated carbocycles. The Labute approximate surface area is 93.6 Å². The number of phenolic OH excluding ortho intramolecular Hbond substituents is 1. The van der Waals surface area contributed by atoms with Crippen molar-refractivity contribution in [2.24, 2.45) is 0 Å². The van der Waals surface area contributed by atoms with E-state index in [1.807, 2.05) is 18.2 Å². The first-order valence-corrected chi connectivity index (χ1v) is 4.95. The highest BCUT2D eigenvalue weighted by molar-refractivity contribution is 5.44. The average molecular weight is 216 g/mol. The number of hydrogen-bond acceptors (Lipinski definition) is 3. The first-order chi connectivity index (χ1) is 7.79. The van der Waals surface area contributed by atoms with Crippen LogP contribution in [0.25, 0.3) is 0 Å². The van der Waals surface area contributed by atoms with Gasteiger partial charge in [-0.25, -0.2) is 0 Å². The Morgan fingerprint density at radius 1 is 1.00 bits per heavy atom. The molecule has 2 rings (SSSR count). The molecule has 0 saturated heterocycles. The van der Waals surface area contributed by atoms with Crippen LogP contribution in [0.5, 0.6) is 17.2 Å². The predicted octanol–water partition coefficient (Wildman–Crippen LogP) is 2.68. The number of benzene rings is 2. The van der Waals surface area contributed by atoms with E-state index in [0.29, 0.717) is 17.1 Å². The molecule has 0 aliphatic heterocycles. The largest absolute Gasteiger partial charge is 0.504 e. The average Bonchev–Trinajstić information content (AvgIpc) is 2.33. The third-order valence-corrected chi connectivity index (χ3v) is 2.18. The van der Waals surface area contributed by atoms with Crippen LogP contribution in [0.2, 0.25) is 0 Å². The van der Waals surface area contributed by atoms with Gasteiger partial charge in [0.1, 0.15) is 5.75 Å². The molecule has 0 aromatic heterocycles. The number of aliphatic hydroxyl groups excluding tert-OH is 1. The van der Waals surface area contributed by atoms with Crippen molar-refractivity contribution < 1.29 is 14.9 Å². The number of rotatable bonds is 3. The smallest absolute Gasteiger partial charge is 0.169 e. The zero-order chi connectivity index (χ0) is 11.4. The first kappa shape index (κ1) is 10.5. The van der Waals surface area contributed by atoms with E-state index in [9.17, 15) is 5.11 Å². The molecule has 82 valence electrons. The molecule has 2 aromatic rings. The van der Waals surface area contributed by atoms with E-state index in [-0.39, 0.29) is 12.4 Å². The molecular formula is C13H12O3. The predicted molar refractivity (Wildman–Crippen MR) is 60.5 cm³/mol. The van der Waals surface area contributed by atoms with Gasteiger partial charge in [0.15, 0.2) is 11.5 Å². The van der Waals surface area contributed by atoms with Crippen molar-refractivity contribution in [2.45, 2.75) is 6.61 Å². The molecule has 16 heavy (non-hydrogen) atoms.